The maximum absolute atomic E-state index is 14.0. The van der Waals surface area contributed by atoms with Crippen LogP contribution in [0, 0.1) is 5.92 Å². The minimum absolute atomic E-state index is 0.00147. The lowest BCUT2D eigenvalue weighted by Gasteiger charge is -2.34. The molecule has 1 unspecified atom stereocenters. The molecule has 5 amide bonds. The first-order valence-corrected chi connectivity index (χ1v) is 22.8. The topological polar surface area (TPSA) is 260 Å². The van der Waals surface area contributed by atoms with Crippen molar-refractivity contribution in [1.29, 1.82) is 0 Å². The molecule has 1 aliphatic carbocycles. The van der Waals surface area contributed by atoms with Crippen LogP contribution in [0.2, 0.25) is 0 Å². The third-order valence-corrected chi connectivity index (χ3v) is 13.7. The van der Waals surface area contributed by atoms with Crippen molar-refractivity contribution in [1.82, 2.24) is 14.8 Å². The summed E-state index contributed by atoms with van der Waals surface area (Å²) < 4.78 is 12.0. The van der Waals surface area contributed by atoms with E-state index in [2.05, 4.69) is 15.3 Å². The number of nitrogens with one attached hydrogen (secondary N) is 1. The van der Waals surface area contributed by atoms with Crippen molar-refractivity contribution in [2.45, 2.75) is 75.0 Å². The summed E-state index contributed by atoms with van der Waals surface area (Å²) >= 11 is 1.05. The summed E-state index contributed by atoms with van der Waals surface area (Å²) in [7, 11) is 0. The summed E-state index contributed by atoms with van der Waals surface area (Å²) in [4.78, 5) is 91.6. The molecule has 2 saturated heterocycles. The number of carboxylic acid groups (broad SMARTS) is 1. The molecule has 3 aromatic rings. The van der Waals surface area contributed by atoms with Crippen LogP contribution in [0.25, 0.3) is 6.08 Å². The second-order valence-electron chi connectivity index (χ2n) is 16.9. The molecule has 2 aromatic carbocycles. The standard InChI is InChI=1S/C46H52N8O10S/c1-2-12-52(14-15-55)40(57)28-16-27-3-6-31(19-36(27)51-38(48)18-28)46(10-11-46)45(62)50-32-17-29-22-53(13-9-35(29)49-21-32)41(58)30-23-63-44(64-24-30)26-4-7-33(8-5-26)54-39(56)20-37(42(54)59)65-25-34(47)43(60)61/h3-8,16-17,19,21,30,34,37,44,55H,2,9-15,18,20,22-25,47H2,1H3,(H2,48,51)(H,50,62)(H,60,61)/t30?,34-,37?,44?/m0/s1. The highest BCUT2D eigenvalue weighted by molar-refractivity contribution is 8.00. The molecule has 2 atom stereocenters. The molecule has 1 aromatic heterocycles. The van der Waals surface area contributed by atoms with Gasteiger partial charge in [-0.2, -0.15) is 0 Å². The third-order valence-electron chi connectivity index (χ3n) is 12.3. The van der Waals surface area contributed by atoms with E-state index in [1.165, 1.54) is 0 Å². The number of carbonyl (C=O) groups is 6. The maximum atomic E-state index is 14.0. The molecule has 3 fully saturated rings. The van der Waals surface area contributed by atoms with E-state index in [9.17, 15) is 33.9 Å². The number of aliphatic imine (C=N–C) groups is 1. The Morgan fingerprint density at radius 3 is 2.51 bits per heavy atom. The van der Waals surface area contributed by atoms with Gasteiger partial charge in [-0.3, -0.25) is 33.8 Å². The van der Waals surface area contributed by atoms with Gasteiger partial charge in [-0.1, -0.05) is 31.2 Å². The van der Waals surface area contributed by atoms with Crippen molar-refractivity contribution >= 4 is 76.2 Å². The highest BCUT2D eigenvalue weighted by Gasteiger charge is 2.51. The molecule has 8 rings (SSSR count). The minimum Gasteiger partial charge on any atom is -0.480 e. The summed E-state index contributed by atoms with van der Waals surface area (Å²) in [6.07, 6.45) is 5.35. The van der Waals surface area contributed by atoms with Gasteiger partial charge in [0.05, 0.1) is 59.7 Å². The number of carbonyl (C=O) groups excluding carboxylic acids is 5. The van der Waals surface area contributed by atoms with E-state index in [0.717, 1.165) is 45.5 Å². The van der Waals surface area contributed by atoms with Crippen LogP contribution >= 0.6 is 11.8 Å². The lowest BCUT2D eigenvalue weighted by molar-refractivity contribution is -0.209. The smallest absolute Gasteiger partial charge is 0.321 e. The number of anilines is 2. The van der Waals surface area contributed by atoms with Gasteiger partial charge in [-0.05, 0) is 60.7 Å². The number of nitrogens with two attached hydrogens (primary N) is 2. The van der Waals surface area contributed by atoms with E-state index >= 15 is 0 Å². The fourth-order valence-electron chi connectivity index (χ4n) is 8.61. The minimum atomic E-state index is -1.18. The Morgan fingerprint density at radius 1 is 1.06 bits per heavy atom. The molecule has 5 aliphatic rings. The number of aliphatic carboxylic acids is 1. The number of aliphatic hydroxyl groups excluding tert-OH is 1. The van der Waals surface area contributed by atoms with Crippen LogP contribution in [-0.4, -0.2) is 123 Å². The molecule has 0 bridgehead atoms. The lowest BCUT2D eigenvalue weighted by Crippen LogP contribution is -2.44. The summed E-state index contributed by atoms with van der Waals surface area (Å²) in [6.45, 7) is 3.56. The molecule has 7 N–H and O–H groups in total. The van der Waals surface area contributed by atoms with Gasteiger partial charge < -0.3 is 46.3 Å². The number of rotatable bonds is 15. The van der Waals surface area contributed by atoms with Crippen LogP contribution in [0.15, 0.2) is 65.3 Å². The molecule has 5 heterocycles. The number of aromatic nitrogens is 1. The molecular formula is C46H52N8O10S. The van der Waals surface area contributed by atoms with Gasteiger partial charge in [0.1, 0.15) is 11.9 Å². The Morgan fingerprint density at radius 2 is 1.82 bits per heavy atom. The first-order valence-electron chi connectivity index (χ1n) is 21.7. The monoisotopic (exact) mass is 908 g/mol. The van der Waals surface area contributed by atoms with Crippen LogP contribution in [-0.2, 0) is 56.6 Å². The zero-order valence-corrected chi connectivity index (χ0v) is 36.8. The van der Waals surface area contributed by atoms with Crippen molar-refractivity contribution in [2.24, 2.45) is 22.4 Å². The Labute approximate surface area is 379 Å². The maximum Gasteiger partial charge on any atom is 0.321 e. The largest absolute Gasteiger partial charge is 0.480 e. The van der Waals surface area contributed by atoms with E-state index in [0.29, 0.717) is 67.1 Å². The summed E-state index contributed by atoms with van der Waals surface area (Å²) in [5.41, 5.74) is 16.9. The quantitative estimate of drug-likeness (QED) is 0.138. The van der Waals surface area contributed by atoms with Gasteiger partial charge >= 0.3 is 5.97 Å². The molecule has 4 aliphatic heterocycles. The van der Waals surface area contributed by atoms with Crippen molar-refractivity contribution in [2.75, 3.05) is 55.4 Å². The molecule has 0 spiro atoms. The number of amides is 5. The van der Waals surface area contributed by atoms with E-state index in [-0.39, 0.29) is 68.5 Å². The van der Waals surface area contributed by atoms with E-state index in [1.54, 1.807) is 46.3 Å². The third kappa shape index (κ3) is 9.69. The molecule has 1 saturated carbocycles. The molecule has 0 radical (unpaired) electrons. The molecule has 342 valence electrons. The first kappa shape index (κ1) is 45.6. The van der Waals surface area contributed by atoms with Crippen LogP contribution in [0.5, 0.6) is 0 Å². The van der Waals surface area contributed by atoms with Crippen molar-refractivity contribution < 1.29 is 48.5 Å². The summed E-state index contributed by atoms with van der Waals surface area (Å²) in [6, 6.07) is 13.0. The number of ether oxygens (including phenoxy) is 2. The summed E-state index contributed by atoms with van der Waals surface area (Å²) in [5, 5.41) is 20.9. The predicted octanol–water partition coefficient (Wildman–Crippen LogP) is 2.78. The summed E-state index contributed by atoms with van der Waals surface area (Å²) in [5.74, 6) is -2.76. The second kappa shape index (κ2) is 19.2. The number of amidine groups is 1. The van der Waals surface area contributed by atoms with Gasteiger partial charge in [0.2, 0.25) is 29.5 Å². The average Bonchev–Trinajstić information content (AvgIpc) is 4.09. The van der Waals surface area contributed by atoms with Crippen molar-refractivity contribution in [3.63, 3.8) is 0 Å². The number of hydrogen-bond donors (Lipinski definition) is 5. The Hall–Kier alpha value is -5.99. The zero-order chi connectivity index (χ0) is 46.0. The number of hydrogen-bond acceptors (Lipinski definition) is 14. The number of pyridine rings is 1. The molecule has 18 nitrogen and oxygen atoms in total. The van der Waals surface area contributed by atoms with Gasteiger partial charge in [0, 0.05) is 73.6 Å². The Balaban J connectivity index is 0.857. The highest BCUT2D eigenvalue weighted by atomic mass is 32.2. The fourth-order valence-corrected chi connectivity index (χ4v) is 9.70. The van der Waals surface area contributed by atoms with E-state index < -0.39 is 46.7 Å². The van der Waals surface area contributed by atoms with Gasteiger partial charge in [-0.15, -0.1) is 11.8 Å². The molecular weight excluding hydrogens is 857 g/mol. The van der Waals surface area contributed by atoms with E-state index in [4.69, 9.17) is 26.0 Å². The normalized spacial score (nSPS) is 21.6. The SMILES string of the molecule is CCCN(CCO)C(=O)C1=Cc2ccc(C3(C(=O)Nc4cnc5c(c4)CN(C(=O)C4COC(c6ccc(N7C(=O)CC(SC[C@H](N)C(=O)O)C7=O)cc6)OC4)CC5)CC3)cc2N=C(N)C1. The number of imide groups is 1. The first-order chi connectivity index (χ1) is 31.3. The van der Waals surface area contributed by atoms with Crippen LogP contribution in [0.4, 0.5) is 17.1 Å². The molecule has 19 heteroatoms. The fraction of sp³-hybridized carbons (Fsp3) is 0.435. The van der Waals surface area contributed by atoms with Crippen LogP contribution < -0.4 is 21.7 Å². The Bertz CT molecular complexity index is 2440. The number of thioether (sulfide) groups is 1. The second-order valence-corrected chi connectivity index (χ2v) is 18.2. The number of fused-ring (bicyclic) bond motifs is 2. The molecule has 65 heavy (non-hydrogen) atoms. The Kier molecular flexibility index (Phi) is 13.5. The number of benzene rings is 2. The van der Waals surface area contributed by atoms with Gasteiger partial charge in [-0.25, -0.2) is 9.89 Å². The van der Waals surface area contributed by atoms with Gasteiger partial charge in [0.15, 0.2) is 6.29 Å². The van der Waals surface area contributed by atoms with Gasteiger partial charge in [0.25, 0.3) is 0 Å². The number of carboxylic acids is 1. The average molecular weight is 909 g/mol. The number of nitrogens with zero attached hydrogens (tertiary/aromatic N) is 5. The number of aliphatic hydroxyl groups is 1. The van der Waals surface area contributed by atoms with Crippen molar-refractivity contribution in [3.8, 4) is 0 Å². The zero-order valence-electron chi connectivity index (χ0n) is 35.9. The van der Waals surface area contributed by atoms with Crippen LogP contribution in [0.1, 0.15) is 73.3 Å². The highest BCUT2D eigenvalue weighted by Crippen LogP contribution is 2.50. The lowest BCUT2D eigenvalue weighted by atomic mass is 9.92. The van der Waals surface area contributed by atoms with E-state index in [1.807, 2.05) is 31.2 Å². The predicted molar refractivity (Wildman–Crippen MR) is 241 cm³/mol. The van der Waals surface area contributed by atoms with Crippen molar-refractivity contribution in [3.05, 3.63) is 88.2 Å². The van der Waals surface area contributed by atoms with Crippen LogP contribution in [0.3, 0.4) is 0 Å².